The highest BCUT2D eigenvalue weighted by molar-refractivity contribution is 5.83. The second-order valence-electron chi connectivity index (χ2n) is 12.2. The summed E-state index contributed by atoms with van der Waals surface area (Å²) in [7, 11) is 0. The molecule has 5 nitrogen and oxygen atoms in total. The van der Waals surface area contributed by atoms with Crippen LogP contribution in [0.5, 0.6) is 0 Å². The predicted molar refractivity (Wildman–Crippen MR) is 178 cm³/mol. The second-order valence-corrected chi connectivity index (χ2v) is 12.2. The normalized spacial score (nSPS) is 15.4. The minimum Gasteiger partial charge on any atom is -0.361 e. The number of hydrogen-bond donors (Lipinski definition) is 2. The smallest absolute Gasteiger partial charge is 0.0456 e. The van der Waals surface area contributed by atoms with Crippen molar-refractivity contribution in [3.63, 3.8) is 0 Å². The fourth-order valence-corrected chi connectivity index (χ4v) is 6.61. The van der Waals surface area contributed by atoms with Gasteiger partial charge in [-0.1, -0.05) is 70.5 Å². The van der Waals surface area contributed by atoms with Crippen molar-refractivity contribution in [2.45, 2.75) is 85.9 Å². The van der Waals surface area contributed by atoms with Gasteiger partial charge in [-0.3, -0.25) is 14.7 Å². The van der Waals surface area contributed by atoms with Crippen molar-refractivity contribution in [3.05, 3.63) is 72.1 Å². The van der Waals surface area contributed by atoms with E-state index in [0.717, 1.165) is 52.1 Å². The molecule has 0 unspecified atom stereocenters. The lowest BCUT2D eigenvalue weighted by Gasteiger charge is -2.38. The predicted octanol–water partition coefficient (Wildman–Crippen LogP) is 7.59. The molecule has 0 bridgehead atoms. The Morgan fingerprint density at radius 1 is 0.585 bits per heavy atom. The van der Waals surface area contributed by atoms with E-state index in [-0.39, 0.29) is 0 Å². The van der Waals surface area contributed by atoms with Crippen molar-refractivity contribution in [1.82, 2.24) is 24.7 Å². The summed E-state index contributed by atoms with van der Waals surface area (Å²) < 4.78 is 0. The van der Waals surface area contributed by atoms with Crippen LogP contribution in [0.3, 0.4) is 0 Å². The summed E-state index contributed by atoms with van der Waals surface area (Å²) in [5.74, 6) is 0.687. The summed E-state index contributed by atoms with van der Waals surface area (Å²) >= 11 is 0. The van der Waals surface area contributed by atoms with Crippen molar-refractivity contribution in [2.75, 3.05) is 39.3 Å². The Balaban J connectivity index is 1.37. The highest BCUT2D eigenvalue weighted by atomic mass is 15.2. The molecular formula is C36H55N5. The van der Waals surface area contributed by atoms with Gasteiger partial charge in [0.25, 0.3) is 0 Å². The molecule has 4 rings (SSSR count). The van der Waals surface area contributed by atoms with E-state index in [0.29, 0.717) is 24.0 Å². The van der Waals surface area contributed by atoms with Crippen molar-refractivity contribution in [2.24, 2.45) is 5.92 Å². The Hall–Kier alpha value is -2.60. The number of aromatic amines is 2. The molecule has 4 aromatic rings. The first-order chi connectivity index (χ1) is 19.9. The molecule has 2 aromatic carbocycles. The van der Waals surface area contributed by atoms with Gasteiger partial charge in [0, 0.05) is 78.5 Å². The number of benzene rings is 2. The van der Waals surface area contributed by atoms with Crippen LogP contribution < -0.4 is 0 Å². The Bertz CT molecular complexity index is 1230. The maximum Gasteiger partial charge on any atom is 0.0456 e. The maximum absolute atomic E-state index is 3.47. The highest BCUT2D eigenvalue weighted by Gasteiger charge is 2.23. The molecule has 0 aliphatic rings. The third kappa shape index (κ3) is 7.82. The second kappa shape index (κ2) is 15.0. The third-order valence-corrected chi connectivity index (χ3v) is 9.83. The first-order valence-electron chi connectivity index (χ1n) is 16.2. The largest absolute Gasteiger partial charge is 0.361 e. The van der Waals surface area contributed by atoms with Gasteiger partial charge in [0.2, 0.25) is 0 Å². The molecule has 2 N–H and O–H groups in total. The molecular weight excluding hydrogens is 502 g/mol. The SMILES string of the molecule is CC[C@H](C)[C@@H](C)N(CCN(CC)[C@H](C)Cc1c[nH]c2ccccc12)CCN(CC)[C@H](C)Cc1c[nH]c2ccccc12. The zero-order valence-electron chi connectivity index (χ0n) is 26.8. The summed E-state index contributed by atoms with van der Waals surface area (Å²) in [6.07, 6.45) is 7.80. The lowest BCUT2D eigenvalue weighted by Crippen LogP contribution is -2.48. The highest BCUT2D eigenvalue weighted by Crippen LogP contribution is 2.22. The molecule has 5 heteroatoms. The van der Waals surface area contributed by atoms with Gasteiger partial charge in [-0.2, -0.15) is 0 Å². The van der Waals surface area contributed by atoms with Crippen molar-refractivity contribution >= 4 is 21.8 Å². The lowest BCUT2D eigenvalue weighted by atomic mass is 9.99. The Labute approximate surface area is 249 Å². The van der Waals surface area contributed by atoms with E-state index >= 15 is 0 Å². The molecule has 0 radical (unpaired) electrons. The van der Waals surface area contributed by atoms with Crippen LogP contribution >= 0.6 is 0 Å². The summed E-state index contributed by atoms with van der Waals surface area (Å²) in [5.41, 5.74) is 5.34. The number of hydrogen-bond acceptors (Lipinski definition) is 3. The molecule has 0 aliphatic heterocycles. The van der Waals surface area contributed by atoms with Gasteiger partial charge < -0.3 is 9.97 Å². The van der Waals surface area contributed by atoms with Gasteiger partial charge in [-0.15, -0.1) is 0 Å². The molecule has 0 spiro atoms. The molecule has 0 aliphatic carbocycles. The molecule has 2 heterocycles. The first kappa shape index (κ1) is 31.3. The van der Waals surface area contributed by atoms with Crippen LogP contribution in [0.15, 0.2) is 60.9 Å². The number of H-pyrrole nitrogens is 2. The molecule has 0 saturated carbocycles. The van der Waals surface area contributed by atoms with E-state index in [4.69, 9.17) is 0 Å². The minimum absolute atomic E-state index is 0.503. The van der Waals surface area contributed by atoms with Crippen LogP contribution in [0.2, 0.25) is 0 Å². The molecule has 224 valence electrons. The van der Waals surface area contributed by atoms with Gasteiger partial charge in [-0.05, 0) is 75.9 Å². The summed E-state index contributed by atoms with van der Waals surface area (Å²) in [6, 6.07) is 19.0. The zero-order chi connectivity index (χ0) is 29.4. The molecule has 4 atom stereocenters. The van der Waals surface area contributed by atoms with E-state index in [2.05, 4.69) is 134 Å². The number of nitrogens with zero attached hydrogens (tertiary/aromatic N) is 3. The standard InChI is InChI=1S/C36H55N5/c1-8-27(4)30(7)41(21-19-39(9-2)28(5)23-31-25-37-35-17-13-11-15-33(31)35)22-20-40(10-3)29(6)24-32-26-38-36-18-14-12-16-34(32)36/h11-18,25-30,37-38H,8-10,19-24H2,1-7H3/t27-,28+,29+,30+/m0/s1. The van der Waals surface area contributed by atoms with E-state index in [9.17, 15) is 0 Å². The average Bonchev–Trinajstić information content (AvgIpc) is 3.60. The zero-order valence-corrected chi connectivity index (χ0v) is 26.8. The molecule has 0 saturated heterocycles. The van der Waals surface area contributed by atoms with Gasteiger partial charge in [0.15, 0.2) is 0 Å². The van der Waals surface area contributed by atoms with E-state index in [1.165, 1.54) is 39.4 Å². The van der Waals surface area contributed by atoms with E-state index < -0.39 is 0 Å². The van der Waals surface area contributed by atoms with Gasteiger partial charge in [-0.25, -0.2) is 0 Å². The number of nitrogens with one attached hydrogen (secondary N) is 2. The number of aromatic nitrogens is 2. The van der Waals surface area contributed by atoms with Crippen LogP contribution in [0, 0.1) is 5.92 Å². The number of rotatable bonds is 17. The van der Waals surface area contributed by atoms with Crippen LogP contribution in [0.1, 0.15) is 66.0 Å². The Kier molecular flexibility index (Phi) is 11.5. The van der Waals surface area contributed by atoms with E-state index in [1.54, 1.807) is 0 Å². The lowest BCUT2D eigenvalue weighted by molar-refractivity contribution is 0.100. The molecule has 0 fully saturated rings. The molecule has 2 aromatic heterocycles. The fourth-order valence-electron chi connectivity index (χ4n) is 6.61. The van der Waals surface area contributed by atoms with Crippen LogP contribution in [-0.2, 0) is 12.8 Å². The van der Waals surface area contributed by atoms with Gasteiger partial charge >= 0.3 is 0 Å². The summed E-state index contributed by atoms with van der Waals surface area (Å²) in [6.45, 7) is 23.3. The Morgan fingerprint density at radius 2 is 1.00 bits per heavy atom. The third-order valence-electron chi connectivity index (χ3n) is 9.83. The quantitative estimate of drug-likeness (QED) is 0.141. The Morgan fingerprint density at radius 3 is 1.41 bits per heavy atom. The van der Waals surface area contributed by atoms with E-state index in [1.807, 2.05) is 0 Å². The number of fused-ring (bicyclic) bond motifs is 2. The fraction of sp³-hybridized carbons (Fsp3) is 0.556. The number of likely N-dealkylation sites (N-methyl/N-ethyl adjacent to an activating group) is 2. The maximum atomic E-state index is 3.47. The average molecular weight is 558 g/mol. The van der Waals surface area contributed by atoms with Crippen LogP contribution in [0.4, 0.5) is 0 Å². The molecule has 0 amide bonds. The minimum atomic E-state index is 0.503. The summed E-state index contributed by atoms with van der Waals surface area (Å²) in [5, 5.41) is 2.73. The van der Waals surface area contributed by atoms with Crippen LogP contribution in [-0.4, -0.2) is 82.1 Å². The van der Waals surface area contributed by atoms with Crippen molar-refractivity contribution < 1.29 is 0 Å². The topological polar surface area (TPSA) is 41.3 Å². The van der Waals surface area contributed by atoms with Crippen LogP contribution in [0.25, 0.3) is 21.8 Å². The van der Waals surface area contributed by atoms with Crippen molar-refractivity contribution in [3.8, 4) is 0 Å². The first-order valence-corrected chi connectivity index (χ1v) is 16.2. The van der Waals surface area contributed by atoms with Crippen molar-refractivity contribution in [1.29, 1.82) is 0 Å². The summed E-state index contributed by atoms with van der Waals surface area (Å²) in [4.78, 5) is 15.1. The van der Waals surface area contributed by atoms with Gasteiger partial charge in [0.1, 0.15) is 0 Å². The monoisotopic (exact) mass is 557 g/mol. The molecule has 41 heavy (non-hydrogen) atoms. The number of para-hydroxylation sites is 2. The van der Waals surface area contributed by atoms with Gasteiger partial charge in [0.05, 0.1) is 0 Å².